The third-order valence-corrected chi connectivity index (χ3v) is 5.81. The monoisotopic (exact) mass is 434 g/mol. The number of amides is 1. The van der Waals surface area contributed by atoms with Gasteiger partial charge in [0, 0.05) is 33.4 Å². The Morgan fingerprint density at radius 1 is 1.06 bits per heavy atom. The van der Waals surface area contributed by atoms with E-state index in [0.717, 1.165) is 22.0 Å². The zero-order chi connectivity index (χ0) is 22.0. The summed E-state index contributed by atoms with van der Waals surface area (Å²) >= 11 is 6.14. The molecule has 5 nitrogen and oxygen atoms in total. The Balaban J connectivity index is 1.64. The van der Waals surface area contributed by atoms with E-state index in [9.17, 15) is 15.0 Å². The quantitative estimate of drug-likeness (QED) is 0.408. The van der Waals surface area contributed by atoms with E-state index < -0.39 is 12.1 Å². The van der Waals surface area contributed by atoms with E-state index >= 15 is 0 Å². The molecular weight excluding hydrogens is 412 g/mol. The number of aromatic nitrogens is 1. The average molecular weight is 435 g/mol. The Hall–Kier alpha value is -3.12. The van der Waals surface area contributed by atoms with E-state index in [4.69, 9.17) is 11.6 Å². The molecule has 1 amide bonds. The number of halogens is 1. The number of anilines is 1. The standard InChI is InChI=1S/C25H23ClN2O3/c1-16-7-8-19(14-21(16)26)25(31)27-20-9-10-22-18(13-20)11-12-28(22)24(23(30)15-29)17-5-3-2-4-6-17/h2-14,23-24,29-30H,15H2,1H3,(H,27,31)/t23-,24+/m1/s1. The first-order valence-electron chi connectivity index (χ1n) is 10.00. The van der Waals surface area contributed by atoms with Crippen molar-refractivity contribution in [2.75, 3.05) is 11.9 Å². The highest BCUT2D eigenvalue weighted by Crippen LogP contribution is 2.29. The molecule has 6 heteroatoms. The van der Waals surface area contributed by atoms with Crippen molar-refractivity contribution in [2.24, 2.45) is 0 Å². The maximum Gasteiger partial charge on any atom is 0.255 e. The molecule has 0 saturated carbocycles. The first-order valence-corrected chi connectivity index (χ1v) is 10.4. The number of nitrogens with one attached hydrogen (secondary N) is 1. The second kappa shape index (κ2) is 8.94. The van der Waals surface area contributed by atoms with Crippen LogP contribution in [0.25, 0.3) is 10.9 Å². The number of rotatable bonds is 6. The molecule has 0 unspecified atom stereocenters. The highest BCUT2D eigenvalue weighted by atomic mass is 35.5. The molecule has 0 radical (unpaired) electrons. The van der Waals surface area contributed by atoms with Crippen molar-refractivity contribution in [1.29, 1.82) is 0 Å². The largest absolute Gasteiger partial charge is 0.394 e. The first-order chi connectivity index (χ1) is 15.0. The average Bonchev–Trinajstić information content (AvgIpc) is 3.19. The van der Waals surface area contributed by atoms with E-state index in [1.54, 1.807) is 12.1 Å². The van der Waals surface area contributed by atoms with E-state index in [2.05, 4.69) is 5.32 Å². The summed E-state index contributed by atoms with van der Waals surface area (Å²) in [6.45, 7) is 1.53. The number of fused-ring (bicyclic) bond motifs is 1. The van der Waals surface area contributed by atoms with E-state index in [1.807, 2.05) is 78.4 Å². The molecule has 158 valence electrons. The van der Waals surface area contributed by atoms with Crippen molar-refractivity contribution in [3.8, 4) is 0 Å². The van der Waals surface area contributed by atoms with Gasteiger partial charge >= 0.3 is 0 Å². The lowest BCUT2D eigenvalue weighted by Gasteiger charge is -2.25. The third kappa shape index (κ3) is 4.35. The van der Waals surface area contributed by atoms with Gasteiger partial charge in [0.1, 0.15) is 6.10 Å². The topological polar surface area (TPSA) is 74.5 Å². The predicted octanol–water partition coefficient (Wildman–Crippen LogP) is 4.80. The summed E-state index contributed by atoms with van der Waals surface area (Å²) in [5.41, 5.74) is 3.85. The lowest BCUT2D eigenvalue weighted by Crippen LogP contribution is -2.27. The van der Waals surface area contributed by atoms with Crippen LogP contribution in [0.4, 0.5) is 5.69 Å². The van der Waals surface area contributed by atoms with Crippen molar-refractivity contribution in [3.63, 3.8) is 0 Å². The maximum atomic E-state index is 12.6. The number of aliphatic hydroxyl groups is 2. The fourth-order valence-electron chi connectivity index (χ4n) is 3.74. The Labute approximate surface area is 185 Å². The van der Waals surface area contributed by atoms with Crippen LogP contribution >= 0.6 is 11.6 Å². The second-order valence-corrected chi connectivity index (χ2v) is 7.93. The van der Waals surface area contributed by atoms with Crippen LogP contribution in [-0.2, 0) is 0 Å². The van der Waals surface area contributed by atoms with Gasteiger partial charge in [-0.1, -0.05) is 48.0 Å². The summed E-state index contributed by atoms with van der Waals surface area (Å²) in [7, 11) is 0. The predicted molar refractivity (Wildman–Crippen MR) is 124 cm³/mol. The van der Waals surface area contributed by atoms with Gasteiger partial charge in [-0.05, 0) is 54.4 Å². The summed E-state index contributed by atoms with van der Waals surface area (Å²) in [5.74, 6) is -0.237. The van der Waals surface area contributed by atoms with Crippen LogP contribution in [0, 0.1) is 6.92 Å². The Bertz CT molecular complexity index is 1220. The summed E-state index contributed by atoms with van der Waals surface area (Å²) < 4.78 is 1.94. The van der Waals surface area contributed by atoms with Gasteiger partial charge in [0.2, 0.25) is 0 Å². The van der Waals surface area contributed by atoms with Crippen molar-refractivity contribution in [1.82, 2.24) is 4.57 Å². The molecule has 4 rings (SSSR count). The summed E-state index contributed by atoms with van der Waals surface area (Å²) in [4.78, 5) is 12.6. The van der Waals surface area contributed by atoms with Crippen LogP contribution < -0.4 is 5.32 Å². The minimum Gasteiger partial charge on any atom is -0.394 e. The van der Waals surface area contributed by atoms with Crippen molar-refractivity contribution in [2.45, 2.75) is 19.1 Å². The molecule has 1 aromatic heterocycles. The van der Waals surface area contributed by atoms with Gasteiger partial charge in [-0.25, -0.2) is 0 Å². The van der Waals surface area contributed by atoms with Gasteiger partial charge in [0.25, 0.3) is 5.91 Å². The number of carbonyl (C=O) groups is 1. The van der Waals surface area contributed by atoms with Gasteiger partial charge in [0.05, 0.1) is 12.6 Å². The van der Waals surface area contributed by atoms with Gasteiger partial charge in [-0.15, -0.1) is 0 Å². The summed E-state index contributed by atoms with van der Waals surface area (Å²) in [6.07, 6.45) is 0.927. The van der Waals surface area contributed by atoms with Crippen LogP contribution in [0.15, 0.2) is 79.0 Å². The molecule has 0 spiro atoms. The zero-order valence-corrected chi connectivity index (χ0v) is 17.8. The zero-order valence-electron chi connectivity index (χ0n) is 17.0. The van der Waals surface area contributed by atoms with Crippen LogP contribution in [0.2, 0.25) is 5.02 Å². The molecule has 3 aromatic carbocycles. The molecule has 0 saturated heterocycles. The van der Waals surface area contributed by atoms with Crippen LogP contribution in [0.1, 0.15) is 27.5 Å². The molecular formula is C25H23ClN2O3. The van der Waals surface area contributed by atoms with Crippen LogP contribution in [-0.4, -0.2) is 33.4 Å². The Morgan fingerprint density at radius 3 is 2.55 bits per heavy atom. The highest BCUT2D eigenvalue weighted by molar-refractivity contribution is 6.31. The third-order valence-electron chi connectivity index (χ3n) is 5.40. The van der Waals surface area contributed by atoms with Crippen molar-refractivity contribution >= 4 is 34.1 Å². The number of aliphatic hydroxyl groups excluding tert-OH is 2. The van der Waals surface area contributed by atoms with Gasteiger partial charge in [0.15, 0.2) is 0 Å². The van der Waals surface area contributed by atoms with E-state index in [-0.39, 0.29) is 12.5 Å². The molecule has 3 N–H and O–H groups in total. The minimum atomic E-state index is -0.955. The normalized spacial score (nSPS) is 13.2. The summed E-state index contributed by atoms with van der Waals surface area (Å²) in [6, 6.07) is 21.9. The molecule has 0 aliphatic heterocycles. The maximum absolute atomic E-state index is 12.6. The van der Waals surface area contributed by atoms with Crippen molar-refractivity contribution < 1.29 is 15.0 Å². The van der Waals surface area contributed by atoms with Gasteiger partial charge in [-0.2, -0.15) is 0 Å². The molecule has 0 bridgehead atoms. The van der Waals surface area contributed by atoms with E-state index in [1.165, 1.54) is 0 Å². The second-order valence-electron chi connectivity index (χ2n) is 7.52. The first kappa shape index (κ1) is 21.1. The van der Waals surface area contributed by atoms with E-state index in [0.29, 0.717) is 16.3 Å². The number of hydrogen-bond donors (Lipinski definition) is 3. The minimum absolute atomic E-state index is 0.237. The molecule has 0 aliphatic carbocycles. The fourth-order valence-corrected chi connectivity index (χ4v) is 3.92. The molecule has 0 fully saturated rings. The number of aryl methyl sites for hydroxylation is 1. The highest BCUT2D eigenvalue weighted by Gasteiger charge is 2.23. The Morgan fingerprint density at radius 2 is 1.84 bits per heavy atom. The number of hydrogen-bond acceptors (Lipinski definition) is 3. The number of nitrogens with zero attached hydrogens (tertiary/aromatic N) is 1. The lowest BCUT2D eigenvalue weighted by molar-refractivity contribution is 0.0654. The smallest absolute Gasteiger partial charge is 0.255 e. The molecule has 31 heavy (non-hydrogen) atoms. The SMILES string of the molecule is Cc1ccc(C(=O)Nc2ccc3c(ccn3[C@@H](c3ccccc3)[C@H](O)CO)c2)cc1Cl. The molecule has 4 aromatic rings. The van der Waals surface area contributed by atoms with Crippen molar-refractivity contribution in [3.05, 3.63) is 101 Å². The number of carbonyl (C=O) groups excluding carboxylic acids is 1. The van der Waals surface area contributed by atoms with Crippen LogP contribution in [0.3, 0.4) is 0 Å². The molecule has 0 aliphatic rings. The van der Waals surface area contributed by atoms with Crippen LogP contribution in [0.5, 0.6) is 0 Å². The molecule has 2 atom stereocenters. The Kier molecular flexibility index (Phi) is 6.09. The fraction of sp³-hybridized carbons (Fsp3) is 0.160. The summed E-state index contributed by atoms with van der Waals surface area (Å²) in [5, 5.41) is 24.5. The van der Waals surface area contributed by atoms with Gasteiger partial charge in [-0.3, -0.25) is 4.79 Å². The molecule has 1 heterocycles. The van der Waals surface area contributed by atoms with Gasteiger partial charge < -0.3 is 20.1 Å². The lowest BCUT2D eigenvalue weighted by atomic mass is 10.0. The number of benzene rings is 3.